The number of carbonyl (C=O) groups is 1. The number of carbonyl (C=O) groups excluding carboxylic acids is 1. The molecular formula is C17H18N4OS. The average molecular weight is 326 g/mol. The van der Waals surface area contributed by atoms with E-state index in [-0.39, 0.29) is 11.3 Å². The van der Waals surface area contributed by atoms with E-state index in [1.54, 1.807) is 6.07 Å². The Kier molecular flexibility index (Phi) is 3.85. The lowest BCUT2D eigenvalue weighted by Crippen LogP contribution is -2.13. The maximum absolute atomic E-state index is 12.6. The van der Waals surface area contributed by atoms with Crippen LogP contribution in [0.3, 0.4) is 0 Å². The summed E-state index contributed by atoms with van der Waals surface area (Å²) in [6.07, 6.45) is 0. The predicted molar refractivity (Wildman–Crippen MR) is 93.0 cm³/mol. The highest BCUT2D eigenvalue weighted by Gasteiger charge is 2.20. The molecule has 0 spiro atoms. The topological polar surface area (TPSA) is 67.8 Å². The molecule has 118 valence electrons. The molecule has 0 fully saturated rings. The first-order valence-corrected chi connectivity index (χ1v) is 8.18. The van der Waals surface area contributed by atoms with E-state index >= 15 is 0 Å². The lowest BCUT2D eigenvalue weighted by molar-refractivity contribution is 0.102. The van der Waals surface area contributed by atoms with Gasteiger partial charge in [-0.2, -0.15) is 0 Å². The van der Waals surface area contributed by atoms with E-state index in [0.29, 0.717) is 10.7 Å². The Balaban J connectivity index is 1.94. The minimum absolute atomic E-state index is 0.0827. The number of hydrogen-bond acceptors (Lipinski definition) is 5. The lowest BCUT2D eigenvalue weighted by atomic mass is 9.98. The zero-order valence-corrected chi connectivity index (χ0v) is 14.4. The van der Waals surface area contributed by atoms with E-state index in [1.807, 2.05) is 31.2 Å². The van der Waals surface area contributed by atoms with Crippen LogP contribution in [-0.4, -0.2) is 21.1 Å². The van der Waals surface area contributed by atoms with Crippen LogP contribution in [0.15, 0.2) is 30.3 Å². The van der Waals surface area contributed by atoms with Crippen LogP contribution in [-0.2, 0) is 5.41 Å². The number of fused-ring (bicyclic) bond motifs is 1. The molecule has 1 aromatic carbocycles. The lowest BCUT2D eigenvalue weighted by Gasteiger charge is -2.12. The number of aryl methyl sites for hydroxylation is 1. The molecule has 0 saturated carbocycles. The van der Waals surface area contributed by atoms with Crippen molar-refractivity contribution in [3.8, 4) is 0 Å². The first kappa shape index (κ1) is 15.6. The fourth-order valence-corrected chi connectivity index (χ4v) is 3.03. The second-order valence-electron chi connectivity index (χ2n) is 6.44. The summed E-state index contributed by atoms with van der Waals surface area (Å²) in [5.74, 6) is -0.191. The molecule has 0 unspecified atom stereocenters. The molecule has 1 amide bonds. The summed E-state index contributed by atoms with van der Waals surface area (Å²) in [4.78, 5) is 17.1. The second-order valence-corrected chi connectivity index (χ2v) is 7.42. The highest BCUT2D eigenvalue weighted by atomic mass is 32.1. The normalized spacial score (nSPS) is 11.7. The number of anilines is 1. The van der Waals surface area contributed by atoms with Gasteiger partial charge in [0.2, 0.25) is 5.13 Å². The smallest absolute Gasteiger partial charge is 0.258 e. The third-order valence-electron chi connectivity index (χ3n) is 3.38. The fourth-order valence-electron chi connectivity index (χ4n) is 2.24. The first-order chi connectivity index (χ1) is 10.8. The van der Waals surface area contributed by atoms with Gasteiger partial charge in [0, 0.05) is 16.5 Å². The average Bonchev–Trinajstić information content (AvgIpc) is 2.95. The summed E-state index contributed by atoms with van der Waals surface area (Å²) in [6, 6.07) is 9.41. The van der Waals surface area contributed by atoms with Gasteiger partial charge in [-0.05, 0) is 19.1 Å². The Morgan fingerprint density at radius 1 is 1.17 bits per heavy atom. The highest BCUT2D eigenvalue weighted by molar-refractivity contribution is 7.15. The van der Waals surface area contributed by atoms with Gasteiger partial charge in [0.05, 0.1) is 11.1 Å². The molecule has 0 atom stereocenters. The second kappa shape index (κ2) is 5.70. The molecule has 2 aromatic heterocycles. The van der Waals surface area contributed by atoms with Crippen molar-refractivity contribution < 1.29 is 4.79 Å². The van der Waals surface area contributed by atoms with E-state index < -0.39 is 0 Å². The van der Waals surface area contributed by atoms with Crippen LogP contribution in [0, 0.1) is 6.92 Å². The SMILES string of the molecule is Cc1cc(C(=O)Nc2nnc(C(C)(C)C)s2)c2ccccc2n1. The molecule has 0 bridgehead atoms. The maximum atomic E-state index is 12.6. The number of para-hydroxylation sites is 1. The number of nitrogens with one attached hydrogen (secondary N) is 1. The number of amides is 1. The van der Waals surface area contributed by atoms with Crippen LogP contribution in [0.2, 0.25) is 0 Å². The Bertz CT molecular complexity index is 880. The van der Waals surface area contributed by atoms with Gasteiger partial charge in [0.1, 0.15) is 5.01 Å². The number of rotatable bonds is 2. The quantitative estimate of drug-likeness (QED) is 0.774. The highest BCUT2D eigenvalue weighted by Crippen LogP contribution is 2.28. The van der Waals surface area contributed by atoms with Gasteiger partial charge in [-0.25, -0.2) is 0 Å². The van der Waals surface area contributed by atoms with Crippen LogP contribution in [0.25, 0.3) is 10.9 Å². The fraction of sp³-hybridized carbons (Fsp3) is 0.294. The monoisotopic (exact) mass is 326 g/mol. The van der Waals surface area contributed by atoms with Crippen molar-refractivity contribution in [2.45, 2.75) is 33.1 Å². The van der Waals surface area contributed by atoms with E-state index in [2.05, 4.69) is 41.3 Å². The summed E-state index contributed by atoms with van der Waals surface area (Å²) < 4.78 is 0. The standard InChI is InChI=1S/C17H18N4OS/c1-10-9-12(11-7-5-6-8-13(11)18-10)14(22)19-16-21-20-15(23-16)17(2,3)4/h5-9H,1-4H3,(H,19,21,22). The number of benzene rings is 1. The van der Waals surface area contributed by atoms with Crippen molar-refractivity contribution in [2.75, 3.05) is 5.32 Å². The molecule has 0 aliphatic carbocycles. The molecule has 0 aliphatic rings. The zero-order chi connectivity index (χ0) is 16.6. The van der Waals surface area contributed by atoms with Crippen molar-refractivity contribution >= 4 is 33.3 Å². The van der Waals surface area contributed by atoms with Gasteiger partial charge in [0.25, 0.3) is 5.91 Å². The minimum atomic E-state index is -0.191. The Labute approximate surface area is 138 Å². The molecule has 0 saturated heterocycles. The molecule has 3 rings (SSSR count). The summed E-state index contributed by atoms with van der Waals surface area (Å²) in [6.45, 7) is 8.09. The number of hydrogen-bond donors (Lipinski definition) is 1. The van der Waals surface area contributed by atoms with Crippen molar-refractivity contribution in [3.05, 3.63) is 46.6 Å². The van der Waals surface area contributed by atoms with Gasteiger partial charge in [-0.3, -0.25) is 15.1 Å². The molecule has 0 radical (unpaired) electrons. The largest absolute Gasteiger partial charge is 0.296 e. The van der Waals surface area contributed by atoms with Gasteiger partial charge < -0.3 is 0 Å². The van der Waals surface area contributed by atoms with Gasteiger partial charge in [-0.15, -0.1) is 10.2 Å². The van der Waals surface area contributed by atoms with E-state index in [9.17, 15) is 4.79 Å². The van der Waals surface area contributed by atoms with Crippen LogP contribution >= 0.6 is 11.3 Å². The summed E-state index contributed by atoms with van der Waals surface area (Å²) in [7, 11) is 0. The Morgan fingerprint density at radius 2 is 1.91 bits per heavy atom. The molecule has 23 heavy (non-hydrogen) atoms. The molecule has 1 N–H and O–H groups in total. The number of aromatic nitrogens is 3. The molecule has 5 nitrogen and oxygen atoms in total. The summed E-state index contributed by atoms with van der Waals surface area (Å²) in [5, 5.41) is 13.3. The van der Waals surface area contributed by atoms with E-state index in [4.69, 9.17) is 0 Å². The first-order valence-electron chi connectivity index (χ1n) is 7.36. The van der Waals surface area contributed by atoms with E-state index in [0.717, 1.165) is 21.6 Å². The van der Waals surface area contributed by atoms with E-state index in [1.165, 1.54) is 11.3 Å². The zero-order valence-electron chi connectivity index (χ0n) is 13.5. The Morgan fingerprint density at radius 3 is 2.61 bits per heavy atom. The molecule has 2 heterocycles. The number of nitrogens with zero attached hydrogens (tertiary/aromatic N) is 3. The van der Waals surface area contributed by atoms with Crippen LogP contribution < -0.4 is 5.32 Å². The van der Waals surface area contributed by atoms with Crippen LogP contribution in [0.1, 0.15) is 41.8 Å². The van der Waals surface area contributed by atoms with Crippen molar-refractivity contribution in [1.82, 2.24) is 15.2 Å². The predicted octanol–water partition coefficient (Wildman–Crippen LogP) is 3.94. The molecule has 3 aromatic rings. The summed E-state index contributed by atoms with van der Waals surface area (Å²) >= 11 is 1.40. The third kappa shape index (κ3) is 3.22. The minimum Gasteiger partial charge on any atom is -0.296 e. The third-order valence-corrected chi connectivity index (χ3v) is 4.64. The van der Waals surface area contributed by atoms with Crippen molar-refractivity contribution in [2.24, 2.45) is 0 Å². The van der Waals surface area contributed by atoms with Gasteiger partial charge in [-0.1, -0.05) is 50.3 Å². The molecule has 0 aliphatic heterocycles. The summed E-state index contributed by atoms with van der Waals surface area (Å²) in [5.41, 5.74) is 2.13. The molecular weight excluding hydrogens is 308 g/mol. The van der Waals surface area contributed by atoms with Crippen LogP contribution in [0.5, 0.6) is 0 Å². The van der Waals surface area contributed by atoms with Crippen LogP contribution in [0.4, 0.5) is 5.13 Å². The Hall–Kier alpha value is -2.34. The van der Waals surface area contributed by atoms with Gasteiger partial charge >= 0.3 is 0 Å². The van der Waals surface area contributed by atoms with Gasteiger partial charge in [0.15, 0.2) is 0 Å². The number of pyridine rings is 1. The van der Waals surface area contributed by atoms with Crippen molar-refractivity contribution in [1.29, 1.82) is 0 Å². The van der Waals surface area contributed by atoms with Crippen molar-refractivity contribution in [3.63, 3.8) is 0 Å². The molecule has 6 heteroatoms. The maximum Gasteiger partial charge on any atom is 0.258 e.